The SMILES string of the molecule is CCCCC[C@@H](O)CC[C@]1(O)C[C@H]2Cc3cccc(OCC(=O)OC(C)C(C)C)c3C[C@H]2C1. The van der Waals surface area contributed by atoms with Crippen molar-refractivity contribution < 1.29 is 24.5 Å². The van der Waals surface area contributed by atoms with Crippen LogP contribution < -0.4 is 4.74 Å². The van der Waals surface area contributed by atoms with Gasteiger partial charge in [0, 0.05) is 0 Å². The van der Waals surface area contributed by atoms with Gasteiger partial charge in [-0.15, -0.1) is 0 Å². The third-order valence-corrected chi connectivity index (χ3v) is 7.81. The number of benzene rings is 1. The zero-order valence-corrected chi connectivity index (χ0v) is 21.0. The monoisotopic (exact) mass is 460 g/mol. The molecule has 0 heterocycles. The molecule has 5 nitrogen and oxygen atoms in total. The summed E-state index contributed by atoms with van der Waals surface area (Å²) in [6.07, 6.45) is 8.52. The van der Waals surface area contributed by atoms with E-state index in [4.69, 9.17) is 9.47 Å². The van der Waals surface area contributed by atoms with Gasteiger partial charge in [-0.25, -0.2) is 4.79 Å². The van der Waals surface area contributed by atoms with E-state index in [2.05, 4.69) is 13.0 Å². The van der Waals surface area contributed by atoms with Crippen LogP contribution in [-0.4, -0.2) is 40.6 Å². The van der Waals surface area contributed by atoms with E-state index >= 15 is 0 Å². The van der Waals surface area contributed by atoms with Gasteiger partial charge >= 0.3 is 5.97 Å². The molecule has 0 radical (unpaired) electrons. The average molecular weight is 461 g/mol. The van der Waals surface area contributed by atoms with Crippen LogP contribution in [0.1, 0.15) is 90.2 Å². The number of hydrogen-bond donors (Lipinski definition) is 2. The lowest BCUT2D eigenvalue weighted by Gasteiger charge is -2.28. The highest BCUT2D eigenvalue weighted by atomic mass is 16.6. The molecule has 186 valence electrons. The van der Waals surface area contributed by atoms with Gasteiger partial charge in [-0.05, 0) is 86.8 Å². The number of fused-ring (bicyclic) bond motifs is 2. The molecule has 1 aromatic carbocycles. The Kier molecular flexibility index (Phi) is 9.23. The highest BCUT2D eigenvalue weighted by Crippen LogP contribution is 2.49. The molecule has 0 saturated heterocycles. The van der Waals surface area contributed by atoms with Crippen molar-refractivity contribution in [1.29, 1.82) is 0 Å². The molecule has 0 spiro atoms. The number of hydrogen-bond acceptors (Lipinski definition) is 5. The molecule has 2 N–H and O–H groups in total. The molecule has 0 bridgehead atoms. The fraction of sp³-hybridized carbons (Fsp3) is 0.750. The first kappa shape index (κ1) is 26.0. The maximum absolute atomic E-state index is 12.2. The fourth-order valence-electron chi connectivity index (χ4n) is 5.51. The molecule has 2 aliphatic carbocycles. The van der Waals surface area contributed by atoms with E-state index in [0.29, 0.717) is 24.7 Å². The Hall–Kier alpha value is -1.59. The largest absolute Gasteiger partial charge is 0.482 e. The van der Waals surface area contributed by atoms with E-state index in [-0.39, 0.29) is 30.7 Å². The van der Waals surface area contributed by atoms with Crippen LogP contribution in [0.3, 0.4) is 0 Å². The summed E-state index contributed by atoms with van der Waals surface area (Å²) in [5, 5.41) is 21.6. The zero-order chi connectivity index (χ0) is 24.0. The molecule has 1 aromatic rings. The van der Waals surface area contributed by atoms with Crippen LogP contribution in [0, 0.1) is 17.8 Å². The number of rotatable bonds is 12. The van der Waals surface area contributed by atoms with Crippen molar-refractivity contribution in [3.63, 3.8) is 0 Å². The minimum atomic E-state index is -0.680. The number of esters is 1. The van der Waals surface area contributed by atoms with Crippen LogP contribution in [0.2, 0.25) is 0 Å². The number of unbranched alkanes of at least 4 members (excludes halogenated alkanes) is 2. The van der Waals surface area contributed by atoms with Crippen LogP contribution in [0.15, 0.2) is 18.2 Å². The van der Waals surface area contributed by atoms with E-state index in [1.807, 2.05) is 32.9 Å². The lowest BCUT2D eigenvalue weighted by Crippen LogP contribution is -2.27. The van der Waals surface area contributed by atoms with Crippen LogP contribution in [0.5, 0.6) is 5.75 Å². The second kappa shape index (κ2) is 11.7. The molecule has 2 aliphatic rings. The minimum absolute atomic E-state index is 0.0819. The van der Waals surface area contributed by atoms with E-state index in [1.165, 1.54) is 11.1 Å². The summed E-state index contributed by atoms with van der Waals surface area (Å²) in [6, 6.07) is 6.07. The Balaban J connectivity index is 1.55. The first-order valence-corrected chi connectivity index (χ1v) is 13.0. The highest BCUT2D eigenvalue weighted by molar-refractivity contribution is 5.71. The maximum atomic E-state index is 12.2. The van der Waals surface area contributed by atoms with Crippen LogP contribution >= 0.6 is 0 Å². The third-order valence-electron chi connectivity index (χ3n) is 7.81. The third kappa shape index (κ3) is 7.19. The zero-order valence-electron chi connectivity index (χ0n) is 21.0. The number of aliphatic hydroxyl groups is 2. The number of ether oxygens (including phenoxy) is 2. The van der Waals surface area contributed by atoms with Crippen molar-refractivity contribution in [2.24, 2.45) is 17.8 Å². The summed E-state index contributed by atoms with van der Waals surface area (Å²) >= 11 is 0. The number of carbonyl (C=O) groups excluding carboxylic acids is 1. The van der Waals surface area contributed by atoms with Gasteiger partial charge in [0.05, 0.1) is 11.7 Å². The molecule has 5 heteroatoms. The van der Waals surface area contributed by atoms with Gasteiger partial charge in [-0.3, -0.25) is 0 Å². The lowest BCUT2D eigenvalue weighted by molar-refractivity contribution is -0.152. The fourth-order valence-corrected chi connectivity index (χ4v) is 5.51. The summed E-state index contributed by atoms with van der Waals surface area (Å²) in [5.41, 5.74) is 1.76. The van der Waals surface area contributed by atoms with Crippen LogP contribution in [-0.2, 0) is 22.4 Å². The average Bonchev–Trinajstić information content (AvgIpc) is 3.10. The van der Waals surface area contributed by atoms with Crippen molar-refractivity contribution >= 4 is 5.97 Å². The van der Waals surface area contributed by atoms with Crippen LogP contribution in [0.25, 0.3) is 0 Å². The van der Waals surface area contributed by atoms with E-state index in [1.54, 1.807) is 0 Å². The van der Waals surface area contributed by atoms with Gasteiger partial charge in [0.1, 0.15) is 11.9 Å². The first-order chi connectivity index (χ1) is 15.7. The van der Waals surface area contributed by atoms with Crippen molar-refractivity contribution in [3.05, 3.63) is 29.3 Å². The quantitative estimate of drug-likeness (QED) is 0.330. The summed E-state index contributed by atoms with van der Waals surface area (Å²) in [6.45, 7) is 8.04. The normalized spacial score (nSPS) is 25.9. The molecule has 1 fully saturated rings. The highest BCUT2D eigenvalue weighted by Gasteiger charge is 2.46. The Labute approximate surface area is 199 Å². The molecule has 0 aromatic heterocycles. The molecular weight excluding hydrogens is 416 g/mol. The van der Waals surface area contributed by atoms with Gasteiger partial charge in [0.25, 0.3) is 0 Å². The van der Waals surface area contributed by atoms with Crippen molar-refractivity contribution in [2.75, 3.05) is 6.61 Å². The van der Waals surface area contributed by atoms with Crippen molar-refractivity contribution in [3.8, 4) is 5.75 Å². The summed E-state index contributed by atoms with van der Waals surface area (Å²) < 4.78 is 11.3. The summed E-state index contributed by atoms with van der Waals surface area (Å²) in [4.78, 5) is 12.2. The standard InChI is InChI=1S/C28H44O5/c1-5-6-7-10-24(29)12-13-28(31)16-22-14-21-9-8-11-26(25(21)15-23(22)17-28)32-18-27(30)33-20(4)19(2)3/h8-9,11,19-20,22-24,29,31H,5-7,10,12-18H2,1-4H3/t20?,22-,23+,24-,28+/m1/s1. The molecule has 3 rings (SSSR count). The maximum Gasteiger partial charge on any atom is 0.344 e. The van der Waals surface area contributed by atoms with Gasteiger partial charge < -0.3 is 19.7 Å². The molecule has 33 heavy (non-hydrogen) atoms. The van der Waals surface area contributed by atoms with Crippen molar-refractivity contribution in [2.45, 2.75) is 110 Å². The van der Waals surface area contributed by atoms with Crippen molar-refractivity contribution in [1.82, 2.24) is 0 Å². The summed E-state index contributed by atoms with van der Waals surface area (Å²) in [5.74, 6) is 1.58. The number of carbonyl (C=O) groups is 1. The topological polar surface area (TPSA) is 76.0 Å². The molecule has 0 amide bonds. The Morgan fingerprint density at radius 1 is 1.12 bits per heavy atom. The summed E-state index contributed by atoms with van der Waals surface area (Å²) in [7, 11) is 0. The Morgan fingerprint density at radius 3 is 2.55 bits per heavy atom. The lowest BCUT2D eigenvalue weighted by atomic mass is 9.77. The molecular formula is C28H44O5. The van der Waals surface area contributed by atoms with Gasteiger partial charge in [0.15, 0.2) is 6.61 Å². The molecule has 5 atom stereocenters. The predicted molar refractivity (Wildman–Crippen MR) is 130 cm³/mol. The van der Waals surface area contributed by atoms with E-state index in [0.717, 1.165) is 57.1 Å². The predicted octanol–water partition coefficient (Wildman–Crippen LogP) is 5.23. The first-order valence-electron chi connectivity index (χ1n) is 13.0. The Bertz CT molecular complexity index is 776. The smallest absolute Gasteiger partial charge is 0.344 e. The molecule has 1 unspecified atom stereocenters. The second-order valence-corrected chi connectivity index (χ2v) is 10.9. The number of aliphatic hydroxyl groups excluding tert-OH is 1. The minimum Gasteiger partial charge on any atom is -0.482 e. The molecule has 1 saturated carbocycles. The second-order valence-electron chi connectivity index (χ2n) is 10.9. The van der Waals surface area contributed by atoms with Gasteiger partial charge in [0.2, 0.25) is 0 Å². The Morgan fingerprint density at radius 2 is 1.85 bits per heavy atom. The van der Waals surface area contributed by atoms with Gasteiger partial charge in [-0.2, -0.15) is 0 Å². The van der Waals surface area contributed by atoms with E-state index < -0.39 is 5.60 Å². The van der Waals surface area contributed by atoms with E-state index in [9.17, 15) is 15.0 Å². The van der Waals surface area contributed by atoms with Gasteiger partial charge in [-0.1, -0.05) is 52.2 Å². The molecule has 0 aliphatic heterocycles. The van der Waals surface area contributed by atoms with Crippen LogP contribution in [0.4, 0.5) is 0 Å².